The van der Waals surface area contributed by atoms with Crippen LogP contribution in [-0.2, 0) is 12.8 Å². The van der Waals surface area contributed by atoms with Gasteiger partial charge in [0.15, 0.2) is 5.82 Å². The first kappa shape index (κ1) is 17.9. The Morgan fingerprint density at radius 2 is 1.92 bits per heavy atom. The lowest BCUT2D eigenvalue weighted by atomic mass is 10.1. The highest BCUT2D eigenvalue weighted by molar-refractivity contribution is 7.71. The van der Waals surface area contributed by atoms with Crippen LogP contribution in [0.2, 0.25) is 0 Å². The molecule has 1 heterocycles. The largest absolute Gasteiger partial charge is 0.497 e. The van der Waals surface area contributed by atoms with Crippen molar-refractivity contribution in [2.75, 3.05) is 14.2 Å². The summed E-state index contributed by atoms with van der Waals surface area (Å²) in [6.45, 7) is 0. The van der Waals surface area contributed by atoms with E-state index < -0.39 is 0 Å². The van der Waals surface area contributed by atoms with Gasteiger partial charge >= 0.3 is 0 Å². The molecule has 1 N–H and O–H groups in total. The molecule has 2 aromatic carbocycles. The van der Waals surface area contributed by atoms with E-state index in [1.165, 1.54) is 5.56 Å². The molecule has 0 amide bonds. The fourth-order valence-electron chi connectivity index (χ4n) is 2.57. The predicted octanol–water partition coefficient (Wildman–Crippen LogP) is 3.63. The fourth-order valence-corrected chi connectivity index (χ4v) is 2.76. The maximum Gasteiger partial charge on any atom is 0.216 e. The smallest absolute Gasteiger partial charge is 0.216 e. The van der Waals surface area contributed by atoms with Crippen molar-refractivity contribution in [3.63, 3.8) is 0 Å². The molecule has 0 unspecified atom stereocenters. The summed E-state index contributed by atoms with van der Waals surface area (Å²) in [5.74, 6) is 2.21. The van der Waals surface area contributed by atoms with E-state index in [2.05, 4.69) is 27.4 Å². The number of benzene rings is 2. The van der Waals surface area contributed by atoms with E-state index in [4.69, 9.17) is 21.7 Å². The molecule has 0 spiro atoms. The standard InChI is InChI=1S/C19H20N4O2S/c1-24-16-9-10-17(25-2)15(12-16)13-20-23-18(21-22-19(23)26)11-8-14-6-4-3-5-7-14/h3-7,9-10,12-13H,8,11H2,1-2H3,(H,22,26)/b20-13-. The van der Waals surface area contributed by atoms with E-state index in [0.29, 0.717) is 10.5 Å². The minimum Gasteiger partial charge on any atom is -0.497 e. The van der Waals surface area contributed by atoms with Crippen molar-refractivity contribution in [2.24, 2.45) is 5.10 Å². The molecular formula is C19H20N4O2S. The first-order valence-electron chi connectivity index (χ1n) is 8.18. The molecular weight excluding hydrogens is 348 g/mol. The van der Waals surface area contributed by atoms with E-state index >= 15 is 0 Å². The van der Waals surface area contributed by atoms with Gasteiger partial charge in [0.1, 0.15) is 11.5 Å². The van der Waals surface area contributed by atoms with E-state index in [-0.39, 0.29) is 0 Å². The maximum atomic E-state index is 5.38. The van der Waals surface area contributed by atoms with E-state index in [1.807, 2.05) is 36.4 Å². The van der Waals surface area contributed by atoms with Gasteiger partial charge in [-0.25, -0.2) is 0 Å². The van der Waals surface area contributed by atoms with Gasteiger partial charge in [-0.15, -0.1) is 0 Å². The Hall–Kier alpha value is -2.93. The predicted molar refractivity (Wildman–Crippen MR) is 104 cm³/mol. The normalized spacial score (nSPS) is 11.0. The van der Waals surface area contributed by atoms with Gasteiger partial charge in [-0.05, 0) is 42.4 Å². The summed E-state index contributed by atoms with van der Waals surface area (Å²) in [7, 11) is 3.24. The average Bonchev–Trinajstić information content (AvgIpc) is 3.04. The van der Waals surface area contributed by atoms with Crippen LogP contribution in [0.4, 0.5) is 0 Å². The molecule has 3 rings (SSSR count). The number of hydrogen-bond acceptors (Lipinski definition) is 5. The first-order valence-corrected chi connectivity index (χ1v) is 8.58. The van der Waals surface area contributed by atoms with Crippen molar-refractivity contribution in [1.82, 2.24) is 14.9 Å². The van der Waals surface area contributed by atoms with Gasteiger partial charge in [0, 0.05) is 12.0 Å². The lowest BCUT2D eigenvalue weighted by molar-refractivity contribution is 0.402. The zero-order valence-electron chi connectivity index (χ0n) is 14.7. The quantitative estimate of drug-likeness (QED) is 0.511. The van der Waals surface area contributed by atoms with Crippen LogP contribution in [0.1, 0.15) is 17.0 Å². The molecule has 134 valence electrons. The minimum atomic E-state index is 0.450. The number of ether oxygens (including phenoxy) is 2. The lowest BCUT2D eigenvalue weighted by Gasteiger charge is -2.07. The number of nitrogens with zero attached hydrogens (tertiary/aromatic N) is 3. The zero-order chi connectivity index (χ0) is 18.4. The van der Waals surface area contributed by atoms with Crippen molar-refractivity contribution in [3.05, 3.63) is 70.3 Å². The van der Waals surface area contributed by atoms with Crippen molar-refractivity contribution in [3.8, 4) is 11.5 Å². The molecule has 3 aromatic rings. The highest BCUT2D eigenvalue weighted by Crippen LogP contribution is 2.22. The number of rotatable bonds is 7. The second-order valence-electron chi connectivity index (χ2n) is 5.59. The van der Waals surface area contributed by atoms with Crippen LogP contribution in [0, 0.1) is 4.77 Å². The molecule has 0 radical (unpaired) electrons. The Kier molecular flexibility index (Phi) is 5.80. The average molecular weight is 368 g/mol. The van der Waals surface area contributed by atoms with Crippen molar-refractivity contribution in [2.45, 2.75) is 12.8 Å². The Morgan fingerprint density at radius 3 is 2.65 bits per heavy atom. The molecule has 0 atom stereocenters. The molecule has 6 nitrogen and oxygen atoms in total. The SMILES string of the molecule is COc1ccc(OC)c(/C=N\n2c(CCc3ccccc3)n[nH]c2=S)c1. The van der Waals surface area contributed by atoms with Gasteiger partial charge in [-0.2, -0.15) is 14.9 Å². The number of nitrogens with one attached hydrogen (secondary N) is 1. The molecule has 0 saturated carbocycles. The third kappa shape index (κ3) is 4.18. The van der Waals surface area contributed by atoms with Crippen LogP contribution in [0.15, 0.2) is 53.6 Å². The number of aromatic amines is 1. The molecule has 0 bridgehead atoms. The van der Waals surface area contributed by atoms with Gasteiger partial charge in [0.2, 0.25) is 4.77 Å². The number of methoxy groups -OCH3 is 2. The Labute approximate surface area is 157 Å². The summed E-state index contributed by atoms with van der Waals surface area (Å²) < 4.78 is 12.7. The van der Waals surface area contributed by atoms with Crippen LogP contribution in [-0.4, -0.2) is 35.3 Å². The molecule has 0 fully saturated rings. The summed E-state index contributed by atoms with van der Waals surface area (Å²) in [5.41, 5.74) is 2.04. The van der Waals surface area contributed by atoms with Gasteiger partial charge in [0.25, 0.3) is 0 Å². The topological polar surface area (TPSA) is 64.4 Å². The third-order valence-corrected chi connectivity index (χ3v) is 4.21. The fraction of sp³-hybridized carbons (Fsp3) is 0.211. The highest BCUT2D eigenvalue weighted by atomic mass is 32.1. The maximum absolute atomic E-state index is 5.38. The molecule has 0 saturated heterocycles. The third-order valence-electron chi connectivity index (χ3n) is 3.95. The van der Waals surface area contributed by atoms with Crippen LogP contribution < -0.4 is 9.47 Å². The monoisotopic (exact) mass is 368 g/mol. The molecule has 7 heteroatoms. The zero-order valence-corrected chi connectivity index (χ0v) is 15.5. The van der Waals surface area contributed by atoms with Crippen LogP contribution in [0.3, 0.4) is 0 Å². The van der Waals surface area contributed by atoms with Gasteiger partial charge in [-0.3, -0.25) is 5.10 Å². The molecule has 0 aliphatic carbocycles. The van der Waals surface area contributed by atoms with Crippen molar-refractivity contribution < 1.29 is 9.47 Å². The molecule has 0 aliphatic rings. The molecule has 0 aliphatic heterocycles. The van der Waals surface area contributed by atoms with E-state index in [0.717, 1.165) is 30.0 Å². The molecule has 26 heavy (non-hydrogen) atoms. The van der Waals surface area contributed by atoms with Crippen LogP contribution >= 0.6 is 12.2 Å². The summed E-state index contributed by atoms with van der Waals surface area (Å²) in [4.78, 5) is 0. The van der Waals surface area contributed by atoms with E-state index in [1.54, 1.807) is 25.1 Å². The Morgan fingerprint density at radius 1 is 1.12 bits per heavy atom. The lowest BCUT2D eigenvalue weighted by Crippen LogP contribution is -2.02. The highest BCUT2D eigenvalue weighted by Gasteiger charge is 2.07. The van der Waals surface area contributed by atoms with Crippen LogP contribution in [0.5, 0.6) is 11.5 Å². The summed E-state index contributed by atoms with van der Waals surface area (Å²) >= 11 is 5.30. The van der Waals surface area contributed by atoms with Crippen molar-refractivity contribution in [1.29, 1.82) is 0 Å². The number of aromatic nitrogens is 3. The first-order chi connectivity index (χ1) is 12.7. The summed E-state index contributed by atoms with van der Waals surface area (Å²) in [6, 6.07) is 15.8. The van der Waals surface area contributed by atoms with Gasteiger partial charge in [-0.1, -0.05) is 30.3 Å². The van der Waals surface area contributed by atoms with Gasteiger partial charge < -0.3 is 9.47 Å². The minimum absolute atomic E-state index is 0.450. The van der Waals surface area contributed by atoms with Crippen LogP contribution in [0.25, 0.3) is 0 Å². The van der Waals surface area contributed by atoms with Gasteiger partial charge in [0.05, 0.1) is 20.4 Å². The Balaban J connectivity index is 1.83. The van der Waals surface area contributed by atoms with E-state index in [9.17, 15) is 0 Å². The van der Waals surface area contributed by atoms with Crippen molar-refractivity contribution >= 4 is 18.4 Å². The number of hydrogen-bond donors (Lipinski definition) is 1. The second kappa shape index (κ2) is 8.44. The molecule has 1 aromatic heterocycles. The summed E-state index contributed by atoms with van der Waals surface area (Å²) in [5, 5.41) is 11.6. The summed E-state index contributed by atoms with van der Waals surface area (Å²) in [6.07, 6.45) is 3.28. The number of H-pyrrole nitrogens is 1. The number of aryl methyl sites for hydroxylation is 2. The second-order valence-corrected chi connectivity index (χ2v) is 5.98. The Bertz CT molecular complexity index is 948.